The van der Waals surface area contributed by atoms with E-state index in [0.29, 0.717) is 25.3 Å². The van der Waals surface area contributed by atoms with Crippen molar-refractivity contribution in [3.05, 3.63) is 46.2 Å². The summed E-state index contributed by atoms with van der Waals surface area (Å²) in [5.74, 6) is -0.834. The van der Waals surface area contributed by atoms with Crippen LogP contribution in [0, 0.1) is 0 Å². The summed E-state index contributed by atoms with van der Waals surface area (Å²) < 4.78 is 5.46. The lowest BCUT2D eigenvalue weighted by Crippen LogP contribution is -2.39. The van der Waals surface area contributed by atoms with Gasteiger partial charge in [0.25, 0.3) is 0 Å². The molecule has 0 aliphatic carbocycles. The van der Waals surface area contributed by atoms with Gasteiger partial charge in [0.2, 0.25) is 5.91 Å². The van der Waals surface area contributed by atoms with Gasteiger partial charge in [-0.2, -0.15) is 0 Å². The molecular weight excluding hydrogens is 290 g/mol. The second-order valence-corrected chi connectivity index (χ2v) is 5.64. The number of carboxylic acids is 1. The van der Waals surface area contributed by atoms with Gasteiger partial charge in [0.1, 0.15) is 12.2 Å². The van der Waals surface area contributed by atoms with Gasteiger partial charge in [0.15, 0.2) is 5.75 Å². The van der Waals surface area contributed by atoms with Crippen molar-refractivity contribution in [2.24, 2.45) is 0 Å². The zero-order chi connectivity index (χ0) is 14.8. The first-order valence-electron chi connectivity index (χ1n) is 6.48. The SMILES string of the molecule is O=C(O)c1cccc2c1OCCN2C(=O)Cc1cccs1. The standard InChI is InChI=1S/C15H13NO4S/c17-13(9-10-3-2-8-21-10)16-6-7-20-14-11(15(18)19)4-1-5-12(14)16/h1-5,8H,6-7,9H2,(H,18,19). The molecule has 0 unspecified atom stereocenters. The van der Waals surface area contributed by atoms with Crippen LogP contribution in [0.3, 0.4) is 0 Å². The summed E-state index contributed by atoms with van der Waals surface area (Å²) in [6.07, 6.45) is 0.314. The number of thiophene rings is 1. The third kappa shape index (κ3) is 2.62. The van der Waals surface area contributed by atoms with Crippen molar-refractivity contribution in [3.63, 3.8) is 0 Å². The summed E-state index contributed by atoms with van der Waals surface area (Å²) in [5, 5.41) is 11.1. The maximum atomic E-state index is 12.4. The number of benzene rings is 1. The monoisotopic (exact) mass is 303 g/mol. The van der Waals surface area contributed by atoms with E-state index in [1.807, 2.05) is 17.5 Å². The Morgan fingerprint density at radius 2 is 2.14 bits per heavy atom. The molecule has 0 atom stereocenters. The van der Waals surface area contributed by atoms with Gasteiger partial charge in [-0.15, -0.1) is 11.3 Å². The van der Waals surface area contributed by atoms with Gasteiger partial charge in [0.05, 0.1) is 18.7 Å². The van der Waals surface area contributed by atoms with Crippen molar-refractivity contribution in [3.8, 4) is 5.75 Å². The number of aromatic carboxylic acids is 1. The zero-order valence-corrected chi connectivity index (χ0v) is 11.9. The highest BCUT2D eigenvalue weighted by Gasteiger charge is 2.27. The fraction of sp³-hybridized carbons (Fsp3) is 0.200. The number of amides is 1. The zero-order valence-electron chi connectivity index (χ0n) is 11.1. The number of ether oxygens (including phenoxy) is 1. The van der Waals surface area contributed by atoms with E-state index in [4.69, 9.17) is 4.74 Å². The average Bonchev–Trinajstić information content (AvgIpc) is 2.98. The molecule has 5 nitrogen and oxygen atoms in total. The number of carboxylic acid groups (broad SMARTS) is 1. The van der Waals surface area contributed by atoms with Gasteiger partial charge in [-0.1, -0.05) is 12.1 Å². The van der Waals surface area contributed by atoms with E-state index in [2.05, 4.69) is 0 Å². The van der Waals surface area contributed by atoms with Crippen molar-refractivity contribution in [1.29, 1.82) is 0 Å². The summed E-state index contributed by atoms with van der Waals surface area (Å²) in [6, 6.07) is 8.64. The molecule has 1 amide bonds. The van der Waals surface area contributed by atoms with E-state index < -0.39 is 5.97 Å². The lowest BCUT2D eigenvalue weighted by atomic mass is 10.1. The molecule has 0 spiro atoms. The molecule has 2 heterocycles. The van der Waals surface area contributed by atoms with Crippen LogP contribution in [0.5, 0.6) is 5.75 Å². The van der Waals surface area contributed by atoms with E-state index in [9.17, 15) is 14.7 Å². The minimum Gasteiger partial charge on any atom is -0.489 e. The highest BCUT2D eigenvalue weighted by atomic mass is 32.1. The van der Waals surface area contributed by atoms with Crippen LogP contribution in [0.4, 0.5) is 5.69 Å². The minimum absolute atomic E-state index is 0.0514. The summed E-state index contributed by atoms with van der Waals surface area (Å²) in [7, 11) is 0. The Morgan fingerprint density at radius 3 is 2.86 bits per heavy atom. The van der Waals surface area contributed by atoms with E-state index in [1.165, 1.54) is 17.4 Å². The molecule has 1 aromatic carbocycles. The quantitative estimate of drug-likeness (QED) is 0.945. The maximum absolute atomic E-state index is 12.4. The van der Waals surface area contributed by atoms with Gasteiger partial charge in [-0.3, -0.25) is 4.79 Å². The molecule has 3 rings (SSSR count). The van der Waals surface area contributed by atoms with Crippen molar-refractivity contribution in [2.75, 3.05) is 18.1 Å². The highest BCUT2D eigenvalue weighted by molar-refractivity contribution is 7.10. The van der Waals surface area contributed by atoms with Gasteiger partial charge in [-0.05, 0) is 23.6 Å². The topological polar surface area (TPSA) is 66.8 Å². The average molecular weight is 303 g/mol. The third-order valence-corrected chi connectivity index (χ3v) is 4.16. The number of nitrogens with zero attached hydrogens (tertiary/aromatic N) is 1. The molecule has 2 aromatic rings. The van der Waals surface area contributed by atoms with E-state index in [0.717, 1.165) is 4.88 Å². The Bertz CT molecular complexity index is 681. The molecule has 1 aromatic heterocycles. The second kappa shape index (κ2) is 5.57. The molecule has 0 saturated carbocycles. The van der Waals surface area contributed by atoms with Gasteiger partial charge < -0.3 is 14.7 Å². The van der Waals surface area contributed by atoms with Crippen LogP contribution in [0.1, 0.15) is 15.2 Å². The fourth-order valence-electron chi connectivity index (χ4n) is 2.33. The Hall–Kier alpha value is -2.34. The lowest BCUT2D eigenvalue weighted by Gasteiger charge is -2.30. The number of hydrogen-bond acceptors (Lipinski definition) is 4. The maximum Gasteiger partial charge on any atom is 0.339 e. The Balaban J connectivity index is 1.92. The number of para-hydroxylation sites is 1. The Kier molecular flexibility index (Phi) is 3.62. The van der Waals surface area contributed by atoms with Crippen molar-refractivity contribution >= 4 is 28.9 Å². The molecule has 1 aliphatic rings. The predicted octanol–water partition coefficient (Wildman–Crippen LogP) is 2.41. The molecule has 1 aliphatic heterocycles. The minimum atomic E-state index is -1.06. The van der Waals surface area contributed by atoms with E-state index >= 15 is 0 Å². The summed E-state index contributed by atoms with van der Waals surface area (Å²) in [6.45, 7) is 0.730. The van der Waals surface area contributed by atoms with Gasteiger partial charge in [-0.25, -0.2) is 4.79 Å². The van der Waals surface area contributed by atoms with Gasteiger partial charge >= 0.3 is 5.97 Å². The van der Waals surface area contributed by atoms with Crippen LogP contribution in [-0.4, -0.2) is 30.1 Å². The van der Waals surface area contributed by atoms with Crippen LogP contribution in [-0.2, 0) is 11.2 Å². The van der Waals surface area contributed by atoms with Crippen LogP contribution >= 0.6 is 11.3 Å². The first kappa shape index (κ1) is 13.6. The molecule has 1 N–H and O–H groups in total. The number of carbonyl (C=O) groups excluding carboxylic acids is 1. The van der Waals surface area contributed by atoms with Crippen LogP contribution < -0.4 is 9.64 Å². The summed E-state index contributed by atoms with van der Waals surface area (Å²) >= 11 is 1.53. The third-order valence-electron chi connectivity index (χ3n) is 3.28. The molecule has 0 saturated heterocycles. The van der Waals surface area contributed by atoms with Crippen LogP contribution in [0.25, 0.3) is 0 Å². The molecule has 6 heteroatoms. The molecule has 0 radical (unpaired) electrons. The van der Waals surface area contributed by atoms with E-state index in [-0.39, 0.29) is 17.2 Å². The van der Waals surface area contributed by atoms with E-state index in [1.54, 1.807) is 17.0 Å². The fourth-order valence-corrected chi connectivity index (χ4v) is 3.03. The van der Waals surface area contributed by atoms with Crippen molar-refractivity contribution in [1.82, 2.24) is 0 Å². The normalized spacial score (nSPS) is 13.4. The number of hydrogen-bond donors (Lipinski definition) is 1. The molecule has 0 bridgehead atoms. The summed E-state index contributed by atoms with van der Waals surface area (Å²) in [5.41, 5.74) is 0.615. The van der Waals surface area contributed by atoms with Crippen molar-refractivity contribution in [2.45, 2.75) is 6.42 Å². The van der Waals surface area contributed by atoms with Crippen molar-refractivity contribution < 1.29 is 19.4 Å². The lowest BCUT2D eigenvalue weighted by molar-refractivity contribution is -0.118. The molecule has 21 heavy (non-hydrogen) atoms. The Morgan fingerprint density at radius 1 is 1.29 bits per heavy atom. The largest absolute Gasteiger partial charge is 0.489 e. The van der Waals surface area contributed by atoms with Crippen LogP contribution in [0.2, 0.25) is 0 Å². The molecule has 108 valence electrons. The van der Waals surface area contributed by atoms with Gasteiger partial charge in [0, 0.05) is 4.88 Å². The number of carbonyl (C=O) groups is 2. The highest BCUT2D eigenvalue weighted by Crippen LogP contribution is 2.35. The molecular formula is C15H13NO4S. The number of fused-ring (bicyclic) bond motifs is 1. The number of anilines is 1. The predicted molar refractivity (Wildman–Crippen MR) is 79.3 cm³/mol. The first-order valence-corrected chi connectivity index (χ1v) is 7.36. The smallest absolute Gasteiger partial charge is 0.339 e. The summed E-state index contributed by atoms with van der Waals surface area (Å²) in [4.78, 5) is 26.3. The van der Waals surface area contributed by atoms with Crippen LogP contribution in [0.15, 0.2) is 35.7 Å². The molecule has 0 fully saturated rings. The number of rotatable bonds is 3. The second-order valence-electron chi connectivity index (χ2n) is 4.61. The Labute approximate surface area is 125 Å². The first-order chi connectivity index (χ1) is 10.2.